The lowest BCUT2D eigenvalue weighted by molar-refractivity contribution is 0.628. The molecule has 1 aromatic rings. The first-order valence-electron chi connectivity index (χ1n) is 5.06. The smallest absolute Gasteiger partial charge is 0.123 e. The number of halogens is 2. The maximum absolute atomic E-state index is 12.2. The van der Waals surface area contributed by atoms with Gasteiger partial charge in [-0.3, -0.25) is 4.84 Å². The molecule has 0 aliphatic heterocycles. The van der Waals surface area contributed by atoms with E-state index in [4.69, 9.17) is 17.5 Å². The average Bonchev–Trinajstić information content (AvgIpc) is 2.28. The summed E-state index contributed by atoms with van der Waals surface area (Å²) in [6.07, 6.45) is 3.75. The van der Waals surface area contributed by atoms with Gasteiger partial charge in [0.15, 0.2) is 0 Å². The lowest BCUT2D eigenvalue weighted by Gasteiger charge is -1.93. The predicted molar refractivity (Wildman–Crippen MR) is 64.5 cm³/mol. The first kappa shape index (κ1) is 14.2. The van der Waals surface area contributed by atoms with Crippen LogP contribution in [0.15, 0.2) is 24.3 Å². The van der Waals surface area contributed by atoms with Crippen molar-refractivity contribution in [2.75, 3.05) is 11.4 Å². The van der Waals surface area contributed by atoms with Crippen LogP contribution in [0, 0.1) is 5.82 Å². The van der Waals surface area contributed by atoms with Gasteiger partial charge in [-0.15, -0.1) is 0 Å². The van der Waals surface area contributed by atoms with Crippen molar-refractivity contribution in [2.24, 2.45) is 5.73 Å². The molecule has 86 valence electrons. The molecule has 3 N–H and O–H groups in total. The second-order valence-corrected chi connectivity index (χ2v) is 3.29. The minimum Gasteiger partial charge on any atom is -0.330 e. The fourth-order valence-corrected chi connectivity index (χ4v) is 1.03. The van der Waals surface area contributed by atoms with E-state index in [0.717, 1.165) is 6.54 Å². The molecule has 1 aromatic carbocycles. The number of hydrogen-bond donors (Lipinski definition) is 2. The zero-order chi connectivity index (χ0) is 11.5. The molecule has 0 amide bonds. The van der Waals surface area contributed by atoms with Crippen LogP contribution in [-0.4, -0.2) is 6.54 Å². The van der Waals surface area contributed by atoms with Crippen LogP contribution in [0.3, 0.4) is 0 Å². The molecule has 2 nitrogen and oxygen atoms in total. The molecule has 0 heterocycles. The van der Waals surface area contributed by atoms with E-state index in [2.05, 4.69) is 11.8 Å². The average molecular weight is 233 g/mol. The zero-order valence-corrected chi connectivity index (χ0v) is 9.73. The van der Waals surface area contributed by atoms with Crippen molar-refractivity contribution in [3.63, 3.8) is 0 Å². The first-order valence-corrected chi connectivity index (χ1v) is 5.44. The van der Waals surface area contributed by atoms with Crippen molar-refractivity contribution < 1.29 is 4.39 Å². The molecule has 0 aromatic heterocycles. The van der Waals surface area contributed by atoms with Crippen molar-refractivity contribution in [2.45, 2.75) is 26.2 Å². The molecule has 0 fully saturated rings. The fraction of sp³-hybridized carbons (Fsp3) is 0.455. The summed E-state index contributed by atoms with van der Waals surface area (Å²) in [5.41, 5.74) is 5.91. The van der Waals surface area contributed by atoms with Gasteiger partial charge in [-0.05, 0) is 37.2 Å². The maximum Gasteiger partial charge on any atom is 0.123 e. The number of anilines is 1. The van der Waals surface area contributed by atoms with Crippen molar-refractivity contribution in [1.29, 1.82) is 0 Å². The highest BCUT2D eigenvalue weighted by molar-refractivity contribution is 6.23. The van der Waals surface area contributed by atoms with E-state index in [9.17, 15) is 4.39 Å². The molecule has 0 spiro atoms. The SMILES string of the molecule is CCCCCN.Fc1ccc(NCl)cc1. The molecular formula is C11H18ClFN2. The number of benzene rings is 1. The highest BCUT2D eigenvalue weighted by Crippen LogP contribution is 2.07. The topological polar surface area (TPSA) is 38.0 Å². The second-order valence-electron chi connectivity index (χ2n) is 3.10. The molecule has 0 aliphatic rings. The summed E-state index contributed by atoms with van der Waals surface area (Å²) in [4.78, 5) is 2.36. The fourth-order valence-electron chi connectivity index (χ4n) is 0.907. The van der Waals surface area contributed by atoms with Gasteiger partial charge in [0.25, 0.3) is 0 Å². The predicted octanol–water partition coefficient (Wildman–Crippen LogP) is 3.53. The molecule has 1 rings (SSSR count). The van der Waals surface area contributed by atoms with Gasteiger partial charge in [0.1, 0.15) is 5.82 Å². The van der Waals surface area contributed by atoms with Crippen molar-refractivity contribution in [3.05, 3.63) is 30.1 Å². The molecule has 0 unspecified atom stereocenters. The van der Waals surface area contributed by atoms with Gasteiger partial charge in [-0.25, -0.2) is 4.39 Å². The van der Waals surface area contributed by atoms with Crippen LogP contribution in [0.5, 0.6) is 0 Å². The summed E-state index contributed by atoms with van der Waals surface area (Å²) in [5, 5.41) is 0. The molecular weight excluding hydrogens is 215 g/mol. The summed E-state index contributed by atoms with van der Waals surface area (Å²) in [6.45, 7) is 3.03. The summed E-state index contributed by atoms with van der Waals surface area (Å²) >= 11 is 5.21. The van der Waals surface area contributed by atoms with Gasteiger partial charge in [-0.1, -0.05) is 19.8 Å². The van der Waals surface area contributed by atoms with Gasteiger partial charge >= 0.3 is 0 Å². The molecule has 0 atom stereocenters. The largest absolute Gasteiger partial charge is 0.330 e. The number of nitrogens with two attached hydrogens (primary N) is 1. The van der Waals surface area contributed by atoms with E-state index in [1.54, 1.807) is 12.1 Å². The minimum atomic E-state index is -0.259. The Morgan fingerprint density at radius 1 is 1.27 bits per heavy atom. The Morgan fingerprint density at radius 2 is 1.87 bits per heavy atom. The van der Waals surface area contributed by atoms with Crippen molar-refractivity contribution in [1.82, 2.24) is 0 Å². The molecule has 0 bridgehead atoms. The third-order valence-electron chi connectivity index (χ3n) is 1.76. The highest BCUT2D eigenvalue weighted by atomic mass is 35.5. The third kappa shape index (κ3) is 8.21. The van der Waals surface area contributed by atoms with E-state index in [1.807, 2.05) is 0 Å². The molecule has 0 aliphatic carbocycles. The Bertz CT molecular complexity index is 235. The number of unbranched alkanes of at least 4 members (excludes halogenated alkanes) is 2. The van der Waals surface area contributed by atoms with Crippen LogP contribution in [0.25, 0.3) is 0 Å². The Kier molecular flexibility index (Phi) is 9.22. The third-order valence-corrected chi connectivity index (χ3v) is 1.98. The lowest BCUT2D eigenvalue weighted by Crippen LogP contribution is -1.96. The number of hydrogen-bond acceptors (Lipinski definition) is 2. The Labute approximate surface area is 95.7 Å². The Morgan fingerprint density at radius 3 is 2.20 bits per heavy atom. The van der Waals surface area contributed by atoms with Gasteiger partial charge in [0.05, 0.1) is 0 Å². The molecule has 4 heteroatoms. The normalized spacial score (nSPS) is 9.07. The van der Waals surface area contributed by atoms with Crippen LogP contribution in [-0.2, 0) is 0 Å². The van der Waals surface area contributed by atoms with Gasteiger partial charge < -0.3 is 5.73 Å². The quantitative estimate of drug-likeness (QED) is 0.616. The summed E-state index contributed by atoms with van der Waals surface area (Å²) in [6, 6.07) is 5.79. The maximum atomic E-state index is 12.2. The number of rotatable bonds is 4. The van der Waals surface area contributed by atoms with E-state index in [1.165, 1.54) is 31.4 Å². The molecule has 0 saturated heterocycles. The number of nitrogens with one attached hydrogen (secondary N) is 1. The zero-order valence-electron chi connectivity index (χ0n) is 8.97. The minimum absolute atomic E-state index is 0.259. The van der Waals surface area contributed by atoms with E-state index >= 15 is 0 Å². The summed E-state index contributed by atoms with van der Waals surface area (Å²) in [7, 11) is 0. The molecule has 0 saturated carbocycles. The van der Waals surface area contributed by atoms with Crippen molar-refractivity contribution in [3.8, 4) is 0 Å². The van der Waals surface area contributed by atoms with Crippen molar-refractivity contribution >= 4 is 17.5 Å². The second kappa shape index (κ2) is 9.74. The highest BCUT2D eigenvalue weighted by Gasteiger charge is 1.87. The Balaban J connectivity index is 0.000000288. The summed E-state index contributed by atoms with van der Waals surface area (Å²) < 4.78 is 12.2. The monoisotopic (exact) mass is 232 g/mol. The first-order chi connectivity index (χ1) is 7.24. The standard InChI is InChI=1S/C6H5ClFN.C5H13N/c7-9-6-3-1-5(8)2-4-6;1-2-3-4-5-6/h1-4,9H;2-6H2,1H3. The molecule has 0 radical (unpaired) electrons. The van der Waals surface area contributed by atoms with Crippen LogP contribution in [0.2, 0.25) is 0 Å². The van der Waals surface area contributed by atoms with Crippen LogP contribution in [0.4, 0.5) is 10.1 Å². The van der Waals surface area contributed by atoms with Gasteiger partial charge in [-0.2, -0.15) is 0 Å². The lowest BCUT2D eigenvalue weighted by atomic mass is 10.3. The van der Waals surface area contributed by atoms with Crippen LogP contribution >= 0.6 is 11.8 Å². The van der Waals surface area contributed by atoms with E-state index in [-0.39, 0.29) is 5.82 Å². The van der Waals surface area contributed by atoms with E-state index in [0.29, 0.717) is 5.69 Å². The van der Waals surface area contributed by atoms with E-state index < -0.39 is 0 Å². The van der Waals surface area contributed by atoms with Crippen LogP contribution < -0.4 is 10.6 Å². The Hall–Kier alpha value is -0.800. The molecule has 15 heavy (non-hydrogen) atoms. The van der Waals surface area contributed by atoms with Crippen LogP contribution in [0.1, 0.15) is 26.2 Å². The summed E-state index contributed by atoms with van der Waals surface area (Å²) in [5.74, 6) is -0.259. The van der Waals surface area contributed by atoms with Gasteiger partial charge in [0, 0.05) is 17.5 Å². The van der Waals surface area contributed by atoms with Gasteiger partial charge in [0.2, 0.25) is 0 Å².